The molecule has 0 fully saturated rings. The van der Waals surface area contributed by atoms with Crippen LogP contribution in [0.2, 0.25) is 0 Å². The van der Waals surface area contributed by atoms with Crippen molar-refractivity contribution in [3.63, 3.8) is 0 Å². The lowest BCUT2D eigenvalue weighted by atomic mass is 10.2. The Morgan fingerprint density at radius 2 is 2.12 bits per heavy atom. The molecule has 0 aliphatic heterocycles. The highest BCUT2D eigenvalue weighted by molar-refractivity contribution is 6.02. The molecule has 1 amide bonds. The molecule has 5 nitrogen and oxygen atoms in total. The Labute approximate surface area is 91.1 Å². The van der Waals surface area contributed by atoms with Crippen LogP contribution >= 0.6 is 0 Å². The number of fused-ring (bicyclic) bond motifs is 1. The van der Waals surface area contributed by atoms with Crippen LogP contribution in [0.4, 0.5) is 5.69 Å². The van der Waals surface area contributed by atoms with E-state index < -0.39 is 18.3 Å². The number of anilines is 1. The monoisotopic (exact) mass is 218 g/mol. The molecule has 0 saturated carbocycles. The summed E-state index contributed by atoms with van der Waals surface area (Å²) in [5.74, 6) is -1.66. The first kappa shape index (κ1) is 10.2. The van der Waals surface area contributed by atoms with Gasteiger partial charge >= 0.3 is 5.97 Å². The van der Waals surface area contributed by atoms with Gasteiger partial charge in [-0.15, -0.1) is 0 Å². The number of carboxylic acids is 1. The number of aromatic amines is 1. The number of aliphatic carboxylic acids is 1. The van der Waals surface area contributed by atoms with Gasteiger partial charge in [-0.25, -0.2) is 0 Å². The Morgan fingerprint density at radius 3 is 2.88 bits per heavy atom. The zero-order valence-electron chi connectivity index (χ0n) is 8.36. The second-order valence-corrected chi connectivity index (χ2v) is 3.40. The number of carbonyl (C=O) groups is 2. The number of hydrogen-bond acceptors (Lipinski definition) is 2. The summed E-state index contributed by atoms with van der Waals surface area (Å²) in [4.78, 5) is 24.5. The molecular formula is C11H10N2O3. The zero-order valence-corrected chi connectivity index (χ0v) is 8.36. The Hall–Kier alpha value is -2.30. The van der Waals surface area contributed by atoms with Gasteiger partial charge in [-0.1, -0.05) is 0 Å². The summed E-state index contributed by atoms with van der Waals surface area (Å²) in [6.45, 7) is 0. The molecule has 1 heterocycles. The SMILES string of the molecule is O=C(O)CC(=O)Nc1ccc2[nH]ccc2c1. The van der Waals surface area contributed by atoms with Crippen LogP contribution in [0, 0.1) is 0 Å². The summed E-state index contributed by atoms with van der Waals surface area (Å²) in [5, 5.41) is 11.9. The maximum absolute atomic E-state index is 11.2. The number of carboxylic acid groups (broad SMARTS) is 1. The van der Waals surface area contributed by atoms with Crippen molar-refractivity contribution in [1.82, 2.24) is 4.98 Å². The zero-order chi connectivity index (χ0) is 11.5. The predicted molar refractivity (Wildman–Crippen MR) is 59.2 cm³/mol. The first-order valence-corrected chi connectivity index (χ1v) is 4.74. The smallest absolute Gasteiger partial charge is 0.312 e. The van der Waals surface area contributed by atoms with Crippen LogP contribution in [-0.4, -0.2) is 22.0 Å². The lowest BCUT2D eigenvalue weighted by molar-refractivity contribution is -0.139. The van der Waals surface area contributed by atoms with Gasteiger partial charge in [0.1, 0.15) is 6.42 Å². The van der Waals surface area contributed by atoms with Gasteiger partial charge in [0.2, 0.25) is 5.91 Å². The van der Waals surface area contributed by atoms with E-state index in [1.54, 1.807) is 18.3 Å². The summed E-state index contributed by atoms with van der Waals surface area (Å²) < 4.78 is 0. The number of aromatic nitrogens is 1. The van der Waals surface area contributed by atoms with Crippen LogP contribution in [0.5, 0.6) is 0 Å². The molecule has 82 valence electrons. The van der Waals surface area contributed by atoms with Crippen molar-refractivity contribution in [1.29, 1.82) is 0 Å². The third-order valence-electron chi connectivity index (χ3n) is 2.15. The predicted octanol–water partition coefficient (Wildman–Crippen LogP) is 1.58. The molecule has 0 spiro atoms. The van der Waals surface area contributed by atoms with Gasteiger partial charge in [0.05, 0.1) is 0 Å². The summed E-state index contributed by atoms with van der Waals surface area (Å²) in [6.07, 6.45) is 1.28. The van der Waals surface area contributed by atoms with E-state index in [9.17, 15) is 9.59 Å². The molecule has 2 aromatic rings. The topological polar surface area (TPSA) is 82.2 Å². The van der Waals surface area contributed by atoms with E-state index in [0.717, 1.165) is 10.9 Å². The molecule has 16 heavy (non-hydrogen) atoms. The normalized spacial score (nSPS) is 10.2. The number of rotatable bonds is 3. The fraction of sp³-hybridized carbons (Fsp3) is 0.0909. The average Bonchev–Trinajstić information content (AvgIpc) is 2.63. The first-order valence-electron chi connectivity index (χ1n) is 4.74. The van der Waals surface area contributed by atoms with Crippen LogP contribution in [-0.2, 0) is 9.59 Å². The second kappa shape index (κ2) is 4.06. The minimum atomic E-state index is -1.14. The van der Waals surface area contributed by atoms with Crippen LogP contribution < -0.4 is 5.32 Å². The molecule has 0 aliphatic rings. The van der Waals surface area contributed by atoms with E-state index >= 15 is 0 Å². The first-order chi connectivity index (χ1) is 7.65. The van der Waals surface area contributed by atoms with Crippen molar-refractivity contribution in [3.8, 4) is 0 Å². The fourth-order valence-electron chi connectivity index (χ4n) is 1.47. The minimum absolute atomic E-state index is 0.523. The lowest BCUT2D eigenvalue weighted by Gasteiger charge is -2.03. The minimum Gasteiger partial charge on any atom is -0.481 e. The van der Waals surface area contributed by atoms with E-state index in [2.05, 4.69) is 10.3 Å². The van der Waals surface area contributed by atoms with Gasteiger partial charge in [0.15, 0.2) is 0 Å². The molecule has 5 heteroatoms. The number of H-pyrrole nitrogens is 1. The van der Waals surface area contributed by atoms with Crippen LogP contribution in [0.15, 0.2) is 30.5 Å². The number of carbonyl (C=O) groups excluding carboxylic acids is 1. The Balaban J connectivity index is 2.14. The highest BCUT2D eigenvalue weighted by atomic mass is 16.4. The molecule has 0 radical (unpaired) electrons. The van der Waals surface area contributed by atoms with Gasteiger partial charge in [-0.2, -0.15) is 0 Å². The number of hydrogen-bond donors (Lipinski definition) is 3. The van der Waals surface area contributed by atoms with E-state index in [1.807, 2.05) is 12.1 Å². The van der Waals surface area contributed by atoms with Crippen molar-refractivity contribution >= 4 is 28.5 Å². The van der Waals surface area contributed by atoms with Gasteiger partial charge in [0.25, 0.3) is 0 Å². The Bertz CT molecular complexity index is 545. The summed E-state index contributed by atoms with van der Waals surface area (Å²) in [5.41, 5.74) is 1.56. The molecule has 0 unspecified atom stereocenters. The second-order valence-electron chi connectivity index (χ2n) is 3.40. The fourth-order valence-corrected chi connectivity index (χ4v) is 1.47. The Morgan fingerprint density at radius 1 is 1.31 bits per heavy atom. The van der Waals surface area contributed by atoms with Crippen LogP contribution in [0.1, 0.15) is 6.42 Å². The number of benzene rings is 1. The maximum atomic E-state index is 11.2. The molecule has 3 N–H and O–H groups in total. The van der Waals surface area contributed by atoms with E-state index in [4.69, 9.17) is 5.11 Å². The van der Waals surface area contributed by atoms with Crippen molar-refractivity contribution in [3.05, 3.63) is 30.5 Å². The van der Waals surface area contributed by atoms with Gasteiger partial charge in [0, 0.05) is 22.8 Å². The third kappa shape index (κ3) is 2.20. The van der Waals surface area contributed by atoms with Crippen molar-refractivity contribution in [2.45, 2.75) is 6.42 Å². The van der Waals surface area contributed by atoms with Gasteiger partial charge in [-0.05, 0) is 24.3 Å². The highest BCUT2D eigenvalue weighted by Crippen LogP contribution is 2.17. The molecule has 0 bridgehead atoms. The number of amides is 1. The molecule has 1 aromatic heterocycles. The molecule has 2 rings (SSSR count). The largest absolute Gasteiger partial charge is 0.481 e. The molecule has 0 aliphatic carbocycles. The maximum Gasteiger partial charge on any atom is 0.312 e. The molecular weight excluding hydrogens is 208 g/mol. The van der Waals surface area contributed by atoms with Crippen LogP contribution in [0.3, 0.4) is 0 Å². The summed E-state index contributed by atoms with van der Waals surface area (Å²) in [6, 6.07) is 7.21. The van der Waals surface area contributed by atoms with Gasteiger partial charge < -0.3 is 15.4 Å². The number of nitrogens with one attached hydrogen (secondary N) is 2. The quantitative estimate of drug-likeness (QED) is 0.684. The third-order valence-corrected chi connectivity index (χ3v) is 2.15. The van der Waals surface area contributed by atoms with E-state index in [-0.39, 0.29) is 0 Å². The highest BCUT2D eigenvalue weighted by Gasteiger charge is 2.07. The Kier molecular flexibility index (Phi) is 2.59. The van der Waals surface area contributed by atoms with Crippen LogP contribution in [0.25, 0.3) is 10.9 Å². The van der Waals surface area contributed by atoms with Crippen molar-refractivity contribution < 1.29 is 14.7 Å². The molecule has 0 saturated heterocycles. The van der Waals surface area contributed by atoms with Crippen molar-refractivity contribution in [2.75, 3.05) is 5.32 Å². The lowest BCUT2D eigenvalue weighted by Crippen LogP contribution is -2.15. The van der Waals surface area contributed by atoms with Gasteiger partial charge in [-0.3, -0.25) is 9.59 Å². The average molecular weight is 218 g/mol. The van der Waals surface area contributed by atoms with E-state index in [0.29, 0.717) is 5.69 Å². The standard InChI is InChI=1S/C11H10N2O3/c14-10(6-11(15)16)13-8-1-2-9-7(5-8)3-4-12-9/h1-5,12H,6H2,(H,13,14)(H,15,16). The molecule has 0 atom stereocenters. The van der Waals surface area contributed by atoms with E-state index in [1.165, 1.54) is 0 Å². The van der Waals surface area contributed by atoms with Crippen molar-refractivity contribution in [2.24, 2.45) is 0 Å². The summed E-state index contributed by atoms with van der Waals surface area (Å²) in [7, 11) is 0. The summed E-state index contributed by atoms with van der Waals surface area (Å²) >= 11 is 0. The molecule has 1 aromatic carbocycles.